The quantitative estimate of drug-likeness (QED) is 0.707. The van der Waals surface area contributed by atoms with Crippen molar-refractivity contribution in [2.24, 2.45) is 0 Å². The Hall–Kier alpha value is -0.617. The average molecular weight is 356 g/mol. The van der Waals surface area contributed by atoms with E-state index in [2.05, 4.69) is 0 Å². The maximum atomic E-state index is 9.37. The zero-order valence-electron chi connectivity index (χ0n) is 6.70. The SMILES string of the molecule is Oc1cccc2ccccc12.[BiH3]. The summed E-state index contributed by atoms with van der Waals surface area (Å²) in [5.41, 5.74) is 0. The first-order valence-electron chi connectivity index (χ1n) is 3.54. The summed E-state index contributed by atoms with van der Waals surface area (Å²) in [5, 5.41) is 11.4. The van der Waals surface area contributed by atoms with Crippen LogP contribution in [0.3, 0.4) is 0 Å². The molecule has 62 valence electrons. The van der Waals surface area contributed by atoms with Gasteiger partial charge in [0.05, 0.1) is 0 Å². The number of phenolic OH excluding ortho intramolecular Hbond substituents is 1. The van der Waals surface area contributed by atoms with Crippen LogP contribution in [-0.4, -0.2) is 31.3 Å². The number of benzene rings is 2. The third-order valence-electron chi connectivity index (χ3n) is 1.77. The topological polar surface area (TPSA) is 20.2 Å². The van der Waals surface area contributed by atoms with Crippen LogP contribution in [0.2, 0.25) is 0 Å². The first-order chi connectivity index (χ1) is 5.38. The summed E-state index contributed by atoms with van der Waals surface area (Å²) in [5.74, 6) is 0.350. The van der Waals surface area contributed by atoms with E-state index >= 15 is 0 Å². The van der Waals surface area contributed by atoms with Crippen LogP contribution in [0.4, 0.5) is 0 Å². The summed E-state index contributed by atoms with van der Waals surface area (Å²) in [4.78, 5) is 0. The van der Waals surface area contributed by atoms with Crippen LogP contribution >= 0.6 is 0 Å². The Morgan fingerprint density at radius 1 is 0.833 bits per heavy atom. The molecule has 0 aliphatic carbocycles. The standard InChI is InChI=1S/C10H8O.Bi.3H/c11-10-7-3-5-8-4-1-2-6-9(8)10;;;;/h1-7,11H;;;;. The Bertz CT molecular complexity index is 379. The fourth-order valence-electron chi connectivity index (χ4n) is 1.21. The average Bonchev–Trinajstić information content (AvgIpc) is 2.06. The molecule has 1 N–H and O–H groups in total. The second-order valence-corrected chi connectivity index (χ2v) is 2.50. The summed E-state index contributed by atoms with van der Waals surface area (Å²) >= 11 is 0. The predicted octanol–water partition coefficient (Wildman–Crippen LogP) is 1.36. The Morgan fingerprint density at radius 2 is 1.50 bits per heavy atom. The van der Waals surface area contributed by atoms with E-state index in [-0.39, 0.29) is 26.2 Å². The molecule has 0 atom stereocenters. The van der Waals surface area contributed by atoms with Gasteiger partial charge in [-0.1, -0.05) is 36.4 Å². The normalized spacial score (nSPS) is 9.33. The molecule has 0 bridgehead atoms. The van der Waals surface area contributed by atoms with Crippen LogP contribution in [0.25, 0.3) is 10.8 Å². The molecular weight excluding hydrogens is 345 g/mol. The van der Waals surface area contributed by atoms with E-state index in [4.69, 9.17) is 0 Å². The van der Waals surface area contributed by atoms with Crippen LogP contribution in [0.15, 0.2) is 42.5 Å². The van der Waals surface area contributed by atoms with Crippen molar-refractivity contribution in [1.82, 2.24) is 0 Å². The van der Waals surface area contributed by atoms with Gasteiger partial charge in [-0.2, -0.15) is 0 Å². The van der Waals surface area contributed by atoms with Crippen molar-refractivity contribution >= 4 is 37.0 Å². The van der Waals surface area contributed by atoms with E-state index in [0.29, 0.717) is 5.75 Å². The molecule has 0 spiro atoms. The molecule has 12 heavy (non-hydrogen) atoms. The van der Waals surface area contributed by atoms with Crippen molar-refractivity contribution in [3.8, 4) is 5.75 Å². The molecule has 0 heterocycles. The Balaban J connectivity index is 0.000000720. The van der Waals surface area contributed by atoms with Crippen molar-refractivity contribution in [2.75, 3.05) is 0 Å². The number of hydrogen-bond donors (Lipinski definition) is 1. The van der Waals surface area contributed by atoms with Crippen LogP contribution in [0.5, 0.6) is 5.75 Å². The Kier molecular flexibility index (Phi) is 3.05. The molecule has 0 amide bonds. The van der Waals surface area contributed by atoms with Gasteiger partial charge in [-0.05, 0) is 11.5 Å². The van der Waals surface area contributed by atoms with Crippen LogP contribution in [0.1, 0.15) is 0 Å². The number of hydrogen-bond acceptors (Lipinski definition) is 1. The molecule has 0 fully saturated rings. The maximum absolute atomic E-state index is 9.37. The molecule has 0 aliphatic heterocycles. The van der Waals surface area contributed by atoms with Crippen molar-refractivity contribution in [3.63, 3.8) is 0 Å². The van der Waals surface area contributed by atoms with Gasteiger partial charge in [0.2, 0.25) is 0 Å². The first-order valence-corrected chi connectivity index (χ1v) is 3.54. The summed E-state index contributed by atoms with van der Waals surface area (Å²) < 4.78 is 0. The predicted molar refractivity (Wildman–Crippen MR) is 55.6 cm³/mol. The number of rotatable bonds is 0. The fourth-order valence-corrected chi connectivity index (χ4v) is 1.21. The monoisotopic (exact) mass is 356 g/mol. The number of aromatic hydroxyl groups is 1. The third kappa shape index (κ3) is 1.59. The van der Waals surface area contributed by atoms with E-state index in [1.54, 1.807) is 6.07 Å². The molecule has 0 radical (unpaired) electrons. The van der Waals surface area contributed by atoms with Gasteiger partial charge in [-0.25, -0.2) is 0 Å². The van der Waals surface area contributed by atoms with Gasteiger partial charge in [-0.3, -0.25) is 0 Å². The molecule has 0 aliphatic rings. The first kappa shape index (κ1) is 9.47. The van der Waals surface area contributed by atoms with E-state index in [1.807, 2.05) is 36.4 Å². The minimum atomic E-state index is 0. The van der Waals surface area contributed by atoms with Crippen molar-refractivity contribution in [2.45, 2.75) is 0 Å². The van der Waals surface area contributed by atoms with Crippen LogP contribution < -0.4 is 0 Å². The summed E-state index contributed by atoms with van der Waals surface area (Å²) in [6, 6.07) is 13.3. The van der Waals surface area contributed by atoms with Gasteiger partial charge >= 0.3 is 26.2 Å². The molecule has 0 unspecified atom stereocenters. The molecule has 2 aromatic carbocycles. The van der Waals surface area contributed by atoms with E-state index < -0.39 is 0 Å². The molecule has 2 heteroatoms. The van der Waals surface area contributed by atoms with Gasteiger partial charge in [-0.15, -0.1) is 0 Å². The summed E-state index contributed by atoms with van der Waals surface area (Å²) in [6.45, 7) is 0. The van der Waals surface area contributed by atoms with E-state index in [0.717, 1.165) is 10.8 Å². The van der Waals surface area contributed by atoms with Gasteiger partial charge in [0.1, 0.15) is 5.75 Å². The van der Waals surface area contributed by atoms with Gasteiger partial charge in [0.25, 0.3) is 0 Å². The Morgan fingerprint density at radius 3 is 2.25 bits per heavy atom. The zero-order valence-corrected chi connectivity index (χ0v) is 12.2. The second-order valence-electron chi connectivity index (χ2n) is 2.50. The molecule has 0 saturated heterocycles. The molecule has 1 nitrogen and oxygen atoms in total. The van der Waals surface area contributed by atoms with Crippen molar-refractivity contribution < 1.29 is 5.11 Å². The zero-order chi connectivity index (χ0) is 7.68. The molecule has 2 aromatic rings. The molecule has 0 saturated carbocycles. The van der Waals surface area contributed by atoms with E-state index in [9.17, 15) is 5.11 Å². The Labute approximate surface area is 90.2 Å². The second kappa shape index (κ2) is 3.86. The number of phenols is 1. The van der Waals surface area contributed by atoms with Gasteiger partial charge in [0.15, 0.2) is 0 Å². The molecule has 0 aromatic heterocycles. The van der Waals surface area contributed by atoms with Gasteiger partial charge < -0.3 is 5.11 Å². The minimum absolute atomic E-state index is 0. The fraction of sp³-hybridized carbons (Fsp3) is 0. The molecular formula is C10H11BiO. The van der Waals surface area contributed by atoms with Crippen LogP contribution in [-0.2, 0) is 0 Å². The van der Waals surface area contributed by atoms with Crippen LogP contribution in [0, 0.1) is 0 Å². The third-order valence-corrected chi connectivity index (χ3v) is 1.77. The van der Waals surface area contributed by atoms with Crippen molar-refractivity contribution in [1.29, 1.82) is 0 Å². The molecule has 2 rings (SSSR count). The number of fused-ring (bicyclic) bond motifs is 1. The summed E-state index contributed by atoms with van der Waals surface area (Å²) in [6.07, 6.45) is 0. The van der Waals surface area contributed by atoms with Crippen molar-refractivity contribution in [3.05, 3.63) is 42.5 Å². The van der Waals surface area contributed by atoms with E-state index in [1.165, 1.54) is 0 Å². The summed E-state index contributed by atoms with van der Waals surface area (Å²) in [7, 11) is 0. The van der Waals surface area contributed by atoms with Gasteiger partial charge in [0, 0.05) is 5.39 Å².